The molecule has 0 radical (unpaired) electrons. The Morgan fingerprint density at radius 2 is 1.33 bits per heavy atom. The number of hydrogen-bond acceptors (Lipinski definition) is 1. The normalized spacial score (nSPS) is 12.1. The van der Waals surface area contributed by atoms with Crippen LogP contribution in [-0.4, -0.2) is 27.9 Å². The summed E-state index contributed by atoms with van der Waals surface area (Å²) in [6, 6.07) is 0. The molecule has 0 aliphatic rings. The third-order valence-electron chi connectivity index (χ3n) is 4.49. The number of hydrogen-bond donors (Lipinski definition) is 0. The van der Waals surface area contributed by atoms with Crippen molar-refractivity contribution < 1.29 is 8.78 Å². The maximum atomic E-state index is 13.8. The van der Waals surface area contributed by atoms with E-state index in [0.717, 1.165) is 23.1 Å². The van der Waals surface area contributed by atoms with Crippen LogP contribution in [-0.2, 0) is 7.05 Å². The Morgan fingerprint density at radius 3 is 1.62 bits per heavy atom. The van der Waals surface area contributed by atoms with E-state index in [1.807, 2.05) is 0 Å². The molecular formula is C16H30F2N2Sn. The molecule has 5 heteroatoms. The van der Waals surface area contributed by atoms with Crippen LogP contribution in [0, 0.1) is 11.9 Å². The minimum atomic E-state index is -2.81. The third-order valence-corrected chi connectivity index (χ3v) is 19.7. The van der Waals surface area contributed by atoms with Gasteiger partial charge < -0.3 is 0 Å². The number of imidazole rings is 1. The topological polar surface area (TPSA) is 17.8 Å². The summed E-state index contributed by atoms with van der Waals surface area (Å²) >= 11 is -2.81. The van der Waals surface area contributed by atoms with E-state index >= 15 is 0 Å². The molecule has 0 aliphatic carbocycles. The Kier molecular flexibility index (Phi) is 8.20. The van der Waals surface area contributed by atoms with Crippen LogP contribution >= 0.6 is 0 Å². The van der Waals surface area contributed by atoms with Crippen molar-refractivity contribution in [3.63, 3.8) is 0 Å². The van der Waals surface area contributed by atoms with Gasteiger partial charge in [-0.25, -0.2) is 0 Å². The molecule has 0 atom stereocenters. The first-order valence-electron chi connectivity index (χ1n) is 8.40. The number of nitrogens with zero attached hydrogens (tertiary/aromatic N) is 2. The summed E-state index contributed by atoms with van der Waals surface area (Å²) in [7, 11) is 1.65. The van der Waals surface area contributed by atoms with Crippen LogP contribution < -0.4 is 3.84 Å². The van der Waals surface area contributed by atoms with Gasteiger partial charge in [0.25, 0.3) is 0 Å². The molecule has 0 saturated heterocycles. The van der Waals surface area contributed by atoms with Gasteiger partial charge in [0.1, 0.15) is 0 Å². The van der Waals surface area contributed by atoms with Crippen LogP contribution in [0.1, 0.15) is 59.3 Å². The molecule has 1 aromatic heterocycles. The summed E-state index contributed by atoms with van der Waals surface area (Å²) in [5, 5.41) is 0. The molecule has 0 bridgehead atoms. The van der Waals surface area contributed by atoms with Crippen molar-refractivity contribution in [2.45, 2.75) is 72.6 Å². The zero-order valence-corrected chi connectivity index (χ0v) is 16.9. The standard InChI is InChI=1S/C4H3F2N2.3C4H9.Sn/c1-8-2-7-3(5)4(8)6;3*1-3-4-2;/h1H3;3*1,3-4H2,2H3;. The molecule has 1 rings (SSSR count). The van der Waals surface area contributed by atoms with Crippen molar-refractivity contribution in [3.05, 3.63) is 11.9 Å². The van der Waals surface area contributed by atoms with E-state index in [1.165, 1.54) is 37.1 Å². The Bertz CT molecular complexity index is 410. The first-order chi connectivity index (χ1) is 10.0. The molecule has 0 saturated carbocycles. The fourth-order valence-corrected chi connectivity index (χ4v) is 19.3. The molecule has 0 amide bonds. The average molecular weight is 407 g/mol. The molecule has 0 spiro atoms. The minimum absolute atomic E-state index is 0.782. The molecule has 1 aromatic rings. The van der Waals surface area contributed by atoms with E-state index in [-0.39, 0.29) is 0 Å². The van der Waals surface area contributed by atoms with Gasteiger partial charge in [0.05, 0.1) is 0 Å². The molecule has 0 aliphatic heterocycles. The van der Waals surface area contributed by atoms with E-state index in [0.29, 0.717) is 0 Å². The summed E-state index contributed by atoms with van der Waals surface area (Å²) in [4.78, 5) is 4.06. The van der Waals surface area contributed by atoms with Gasteiger partial charge in [0.2, 0.25) is 0 Å². The van der Waals surface area contributed by atoms with E-state index in [2.05, 4.69) is 25.8 Å². The van der Waals surface area contributed by atoms with Gasteiger partial charge in [0.15, 0.2) is 0 Å². The van der Waals surface area contributed by atoms with Gasteiger partial charge in [-0.05, 0) is 0 Å². The number of rotatable bonds is 10. The summed E-state index contributed by atoms with van der Waals surface area (Å²) < 4.78 is 33.2. The molecule has 0 aromatic carbocycles. The molecule has 21 heavy (non-hydrogen) atoms. The average Bonchev–Trinajstić information content (AvgIpc) is 2.75. The van der Waals surface area contributed by atoms with E-state index in [9.17, 15) is 8.78 Å². The summed E-state index contributed by atoms with van der Waals surface area (Å²) in [5.41, 5.74) is 0. The van der Waals surface area contributed by atoms with Crippen LogP contribution in [0.15, 0.2) is 0 Å². The predicted molar refractivity (Wildman–Crippen MR) is 87.7 cm³/mol. The Morgan fingerprint density at radius 1 is 0.905 bits per heavy atom. The second-order valence-electron chi connectivity index (χ2n) is 6.17. The van der Waals surface area contributed by atoms with E-state index in [4.69, 9.17) is 0 Å². The van der Waals surface area contributed by atoms with Crippen molar-refractivity contribution in [1.82, 2.24) is 9.55 Å². The zero-order valence-electron chi connectivity index (χ0n) is 14.0. The fourth-order valence-electron chi connectivity index (χ4n) is 3.18. The van der Waals surface area contributed by atoms with Gasteiger partial charge in [-0.1, -0.05) is 0 Å². The van der Waals surface area contributed by atoms with Crippen molar-refractivity contribution >= 4 is 22.2 Å². The number of aromatic nitrogens is 2. The molecule has 2 nitrogen and oxygen atoms in total. The van der Waals surface area contributed by atoms with Crippen LogP contribution in [0.3, 0.4) is 0 Å². The van der Waals surface area contributed by atoms with Gasteiger partial charge in [0, 0.05) is 0 Å². The summed E-state index contributed by atoms with van der Waals surface area (Å²) in [6.45, 7) is 6.57. The number of halogens is 2. The monoisotopic (exact) mass is 408 g/mol. The van der Waals surface area contributed by atoms with Crippen molar-refractivity contribution in [2.24, 2.45) is 7.05 Å². The maximum absolute atomic E-state index is 13.8. The summed E-state index contributed by atoms with van der Waals surface area (Å²) in [6.07, 6.45) is 6.93. The third kappa shape index (κ3) is 4.67. The fraction of sp³-hybridized carbons (Fsp3) is 0.812. The summed E-state index contributed by atoms with van der Waals surface area (Å²) in [5.74, 6) is -1.69. The van der Waals surface area contributed by atoms with Crippen molar-refractivity contribution in [1.29, 1.82) is 0 Å². The SMILES string of the molecule is CCC[CH2][Sn]([CH2]CCC)([CH2]CCC)[c]1nc(F)c(F)n1C. The van der Waals surface area contributed by atoms with Gasteiger partial charge >= 0.3 is 132 Å². The predicted octanol–water partition coefficient (Wildman–Crippen LogP) is 4.75. The second kappa shape index (κ2) is 9.11. The Balaban J connectivity index is 3.19. The molecule has 122 valence electrons. The van der Waals surface area contributed by atoms with E-state index in [1.54, 1.807) is 7.05 Å². The molecule has 1 heterocycles. The van der Waals surface area contributed by atoms with Crippen LogP contribution in [0.5, 0.6) is 0 Å². The van der Waals surface area contributed by atoms with Crippen molar-refractivity contribution in [2.75, 3.05) is 0 Å². The molecule has 0 N–H and O–H groups in total. The molecular weight excluding hydrogens is 377 g/mol. The van der Waals surface area contributed by atoms with Crippen LogP contribution in [0.4, 0.5) is 8.78 Å². The second-order valence-corrected chi connectivity index (χ2v) is 19.0. The van der Waals surface area contributed by atoms with Gasteiger partial charge in [-0.3, -0.25) is 0 Å². The zero-order chi connectivity index (χ0) is 15.9. The van der Waals surface area contributed by atoms with Crippen LogP contribution in [0.25, 0.3) is 0 Å². The van der Waals surface area contributed by atoms with Crippen molar-refractivity contribution in [3.8, 4) is 0 Å². The van der Waals surface area contributed by atoms with Gasteiger partial charge in [-0.15, -0.1) is 0 Å². The molecule has 0 unspecified atom stereocenters. The van der Waals surface area contributed by atoms with Crippen LogP contribution in [0.2, 0.25) is 13.3 Å². The number of unbranched alkanes of at least 4 members (excludes halogenated alkanes) is 3. The quantitative estimate of drug-likeness (QED) is 0.512. The van der Waals surface area contributed by atoms with E-state index < -0.39 is 30.3 Å². The van der Waals surface area contributed by atoms with Gasteiger partial charge in [-0.2, -0.15) is 0 Å². The first-order valence-corrected chi connectivity index (χ1v) is 15.9. The Labute approximate surface area is 132 Å². The molecule has 0 fully saturated rings. The first kappa shape index (κ1) is 18.9. The Hall–Kier alpha value is -0.131.